The van der Waals surface area contributed by atoms with Crippen LogP contribution in [0.1, 0.15) is 39.2 Å². The van der Waals surface area contributed by atoms with Crippen molar-refractivity contribution in [3.63, 3.8) is 0 Å². The second-order valence-corrected chi connectivity index (χ2v) is 5.90. The van der Waals surface area contributed by atoms with Gasteiger partial charge in [-0.2, -0.15) is 10.2 Å². The fourth-order valence-electron chi connectivity index (χ4n) is 3.04. The molecule has 2 aromatic heterocycles. The predicted octanol–water partition coefficient (Wildman–Crippen LogP) is 1.88. The largest absolute Gasteiger partial charge is 0.295 e. The van der Waals surface area contributed by atoms with E-state index in [9.17, 15) is 4.79 Å². The summed E-state index contributed by atoms with van der Waals surface area (Å²) in [5.74, 6) is 0. The first kappa shape index (κ1) is 11.4. The maximum atomic E-state index is 12.4. The van der Waals surface area contributed by atoms with Gasteiger partial charge >= 0.3 is 0 Å². The monoisotopic (exact) mass is 246 g/mol. The Kier molecular flexibility index (Phi) is 2.33. The molecule has 1 aliphatic rings. The lowest BCUT2D eigenvalue weighted by Crippen LogP contribution is -2.32. The highest BCUT2D eigenvalue weighted by molar-refractivity contribution is 5.75. The van der Waals surface area contributed by atoms with Crippen molar-refractivity contribution < 1.29 is 0 Å². The van der Waals surface area contributed by atoms with Crippen LogP contribution in [0.5, 0.6) is 0 Å². The van der Waals surface area contributed by atoms with E-state index in [0.717, 1.165) is 24.6 Å². The molecular formula is C13H18N4O. The van der Waals surface area contributed by atoms with Crippen LogP contribution in [0.3, 0.4) is 0 Å². The first-order valence-corrected chi connectivity index (χ1v) is 6.40. The number of aryl methyl sites for hydroxylation is 1. The van der Waals surface area contributed by atoms with Gasteiger partial charge in [0.15, 0.2) is 5.52 Å². The number of nitrogens with zero attached hydrogens (tertiary/aromatic N) is 4. The van der Waals surface area contributed by atoms with E-state index < -0.39 is 0 Å². The zero-order valence-electron chi connectivity index (χ0n) is 11.1. The number of hydrogen-bond donors (Lipinski definition) is 0. The lowest BCUT2D eigenvalue weighted by Gasteiger charge is -2.27. The topological polar surface area (TPSA) is 52.7 Å². The van der Waals surface area contributed by atoms with Crippen molar-refractivity contribution in [2.45, 2.75) is 39.2 Å². The van der Waals surface area contributed by atoms with Gasteiger partial charge in [-0.3, -0.25) is 9.48 Å². The third kappa shape index (κ3) is 1.57. The summed E-state index contributed by atoms with van der Waals surface area (Å²) >= 11 is 0. The predicted molar refractivity (Wildman–Crippen MR) is 69.4 cm³/mol. The van der Waals surface area contributed by atoms with E-state index in [1.165, 1.54) is 0 Å². The zero-order chi connectivity index (χ0) is 12.9. The highest BCUT2D eigenvalue weighted by atomic mass is 16.1. The van der Waals surface area contributed by atoms with Gasteiger partial charge in [-0.25, -0.2) is 4.68 Å². The van der Waals surface area contributed by atoms with Gasteiger partial charge in [0.25, 0.3) is 5.56 Å². The van der Waals surface area contributed by atoms with E-state index in [4.69, 9.17) is 0 Å². The highest BCUT2D eigenvalue weighted by Gasteiger charge is 2.37. The van der Waals surface area contributed by atoms with Gasteiger partial charge in [0.1, 0.15) is 0 Å². The molecule has 2 heterocycles. The lowest BCUT2D eigenvalue weighted by molar-refractivity contribution is 0.237. The van der Waals surface area contributed by atoms with Crippen molar-refractivity contribution in [3.05, 3.63) is 22.7 Å². The van der Waals surface area contributed by atoms with Crippen molar-refractivity contribution in [1.82, 2.24) is 19.6 Å². The number of fused-ring (bicyclic) bond motifs is 1. The Bertz CT molecular complexity index is 653. The summed E-state index contributed by atoms with van der Waals surface area (Å²) < 4.78 is 3.31. The zero-order valence-corrected chi connectivity index (χ0v) is 11.1. The van der Waals surface area contributed by atoms with Crippen LogP contribution in [0.25, 0.3) is 10.9 Å². The summed E-state index contributed by atoms with van der Waals surface area (Å²) in [7, 11) is 1.82. The summed E-state index contributed by atoms with van der Waals surface area (Å²) in [6.07, 6.45) is 6.91. The molecule has 2 aromatic rings. The SMILES string of the molecule is Cn1cc2cnn(C3CCCC3(C)C)c(=O)c2n1. The quantitative estimate of drug-likeness (QED) is 0.772. The van der Waals surface area contributed by atoms with E-state index in [1.807, 2.05) is 13.2 Å². The van der Waals surface area contributed by atoms with Crippen LogP contribution in [0.4, 0.5) is 0 Å². The standard InChI is InChI=1S/C13H18N4O/c1-13(2)6-4-5-10(13)17-12(18)11-9(7-14-17)8-16(3)15-11/h7-8,10H,4-6H2,1-3H3. The van der Waals surface area contributed by atoms with Crippen LogP contribution >= 0.6 is 0 Å². The molecule has 0 amide bonds. The minimum atomic E-state index is -0.0620. The molecule has 0 saturated heterocycles. The Balaban J connectivity index is 2.18. The molecule has 0 spiro atoms. The van der Waals surface area contributed by atoms with E-state index in [2.05, 4.69) is 24.0 Å². The third-order valence-electron chi connectivity index (χ3n) is 4.08. The molecule has 18 heavy (non-hydrogen) atoms. The minimum Gasteiger partial charge on any atom is -0.274 e. The van der Waals surface area contributed by atoms with Crippen LogP contribution in [0, 0.1) is 5.41 Å². The Morgan fingerprint density at radius 3 is 2.89 bits per heavy atom. The molecule has 5 heteroatoms. The minimum absolute atomic E-state index is 0.0620. The van der Waals surface area contributed by atoms with E-state index in [1.54, 1.807) is 15.6 Å². The molecule has 0 aliphatic heterocycles. The molecule has 5 nitrogen and oxygen atoms in total. The summed E-state index contributed by atoms with van der Waals surface area (Å²) in [4.78, 5) is 12.4. The lowest BCUT2D eigenvalue weighted by atomic mass is 9.87. The molecule has 1 saturated carbocycles. The fourth-order valence-corrected chi connectivity index (χ4v) is 3.04. The molecule has 0 radical (unpaired) electrons. The number of aromatic nitrogens is 4. The van der Waals surface area contributed by atoms with Crippen LogP contribution in [-0.4, -0.2) is 19.6 Å². The average Bonchev–Trinajstić information content (AvgIpc) is 2.82. The molecule has 3 rings (SSSR count). The Morgan fingerprint density at radius 2 is 2.22 bits per heavy atom. The maximum absolute atomic E-state index is 12.4. The Morgan fingerprint density at radius 1 is 1.44 bits per heavy atom. The van der Waals surface area contributed by atoms with Gasteiger partial charge in [0, 0.05) is 18.6 Å². The Labute approximate surface area is 105 Å². The van der Waals surface area contributed by atoms with Crippen LogP contribution in [-0.2, 0) is 7.05 Å². The van der Waals surface area contributed by atoms with Crippen molar-refractivity contribution >= 4 is 10.9 Å². The molecular weight excluding hydrogens is 228 g/mol. The first-order valence-electron chi connectivity index (χ1n) is 6.40. The smallest absolute Gasteiger partial charge is 0.274 e. The van der Waals surface area contributed by atoms with Gasteiger partial charge in [0.2, 0.25) is 0 Å². The van der Waals surface area contributed by atoms with Crippen molar-refractivity contribution in [2.75, 3.05) is 0 Å². The van der Waals surface area contributed by atoms with Gasteiger partial charge in [-0.1, -0.05) is 20.3 Å². The van der Waals surface area contributed by atoms with Gasteiger partial charge in [0.05, 0.1) is 12.2 Å². The third-order valence-corrected chi connectivity index (χ3v) is 4.08. The summed E-state index contributed by atoms with van der Waals surface area (Å²) in [6.45, 7) is 4.42. The Hall–Kier alpha value is -1.65. The van der Waals surface area contributed by atoms with Gasteiger partial charge in [-0.05, 0) is 18.3 Å². The molecule has 0 bridgehead atoms. The van der Waals surface area contributed by atoms with E-state index in [0.29, 0.717) is 5.52 Å². The molecule has 1 aliphatic carbocycles. The normalized spacial score (nSPS) is 22.7. The molecule has 1 atom stereocenters. The van der Waals surface area contributed by atoms with Crippen molar-refractivity contribution in [1.29, 1.82) is 0 Å². The van der Waals surface area contributed by atoms with Crippen LogP contribution in [0.15, 0.2) is 17.2 Å². The van der Waals surface area contributed by atoms with Crippen LogP contribution in [0.2, 0.25) is 0 Å². The van der Waals surface area contributed by atoms with Crippen molar-refractivity contribution in [2.24, 2.45) is 12.5 Å². The maximum Gasteiger partial charge on any atom is 0.295 e. The summed E-state index contributed by atoms with van der Waals surface area (Å²) in [5, 5.41) is 9.40. The average molecular weight is 246 g/mol. The summed E-state index contributed by atoms with van der Waals surface area (Å²) in [6, 6.07) is 0.191. The van der Waals surface area contributed by atoms with Gasteiger partial charge < -0.3 is 0 Å². The van der Waals surface area contributed by atoms with E-state index >= 15 is 0 Å². The van der Waals surface area contributed by atoms with Crippen molar-refractivity contribution in [3.8, 4) is 0 Å². The number of rotatable bonds is 1. The molecule has 0 N–H and O–H groups in total. The first-order chi connectivity index (χ1) is 8.49. The number of hydrogen-bond acceptors (Lipinski definition) is 3. The fraction of sp³-hybridized carbons (Fsp3) is 0.615. The molecule has 1 unspecified atom stereocenters. The molecule has 0 aromatic carbocycles. The summed E-state index contributed by atoms with van der Waals surface area (Å²) in [5.41, 5.74) is 0.600. The van der Waals surface area contributed by atoms with Crippen LogP contribution < -0.4 is 5.56 Å². The second-order valence-electron chi connectivity index (χ2n) is 5.90. The second kappa shape index (κ2) is 3.67. The molecule has 1 fully saturated rings. The van der Waals surface area contributed by atoms with Gasteiger partial charge in [-0.15, -0.1) is 0 Å². The molecule has 96 valence electrons. The highest BCUT2D eigenvalue weighted by Crippen LogP contribution is 2.44. The van der Waals surface area contributed by atoms with E-state index in [-0.39, 0.29) is 17.0 Å².